The fourth-order valence-corrected chi connectivity index (χ4v) is 2.62. The molecule has 0 spiro atoms. The monoisotopic (exact) mass is 253 g/mol. The Bertz CT molecular complexity index is 409. The maximum Gasteiger partial charge on any atom is 0.129 e. The van der Waals surface area contributed by atoms with Gasteiger partial charge in [-0.2, -0.15) is 0 Å². The van der Waals surface area contributed by atoms with Crippen molar-refractivity contribution in [3.8, 4) is 11.5 Å². The van der Waals surface area contributed by atoms with Crippen LogP contribution in [0.4, 0.5) is 0 Å². The number of phenols is 1. The topological polar surface area (TPSA) is 32.7 Å². The number of ether oxygens (including phenoxy) is 1. The third-order valence-corrected chi connectivity index (χ3v) is 3.86. The summed E-state index contributed by atoms with van der Waals surface area (Å²) in [6.45, 7) is 1.16. The van der Waals surface area contributed by atoms with Crippen LogP contribution in [0.3, 0.4) is 0 Å². The second kappa shape index (κ2) is 5.19. The molecule has 4 heteroatoms. The Morgan fingerprint density at radius 2 is 2.29 bits per heavy atom. The summed E-state index contributed by atoms with van der Waals surface area (Å²) in [5, 5.41) is 9.71. The maximum absolute atomic E-state index is 9.71. The van der Waals surface area contributed by atoms with Crippen LogP contribution >= 0.6 is 12.6 Å². The van der Waals surface area contributed by atoms with E-state index in [1.165, 1.54) is 12.8 Å². The number of methoxy groups -OCH3 is 1. The van der Waals surface area contributed by atoms with E-state index in [9.17, 15) is 5.11 Å². The minimum atomic E-state index is 0.227. The fraction of sp³-hybridized carbons (Fsp3) is 0.538. The first kappa shape index (κ1) is 12.6. The standard InChI is InChI=1S/C13H19NO2S/c1-14-5-3-4-10(14)6-9-7-11(15)13(17)8-12(9)16-2/h7-8,10,15,17H,3-6H2,1-2H3. The van der Waals surface area contributed by atoms with E-state index in [2.05, 4.69) is 24.6 Å². The van der Waals surface area contributed by atoms with E-state index in [0.717, 1.165) is 24.3 Å². The van der Waals surface area contributed by atoms with Crippen LogP contribution in [-0.4, -0.2) is 36.8 Å². The minimum Gasteiger partial charge on any atom is -0.507 e. The Balaban J connectivity index is 2.22. The van der Waals surface area contributed by atoms with Gasteiger partial charge in [-0.15, -0.1) is 12.6 Å². The van der Waals surface area contributed by atoms with E-state index in [4.69, 9.17) is 4.74 Å². The molecule has 1 atom stereocenters. The van der Waals surface area contributed by atoms with Gasteiger partial charge in [0.2, 0.25) is 0 Å². The molecule has 1 aliphatic heterocycles. The molecule has 2 rings (SSSR count). The SMILES string of the molecule is COc1cc(S)c(O)cc1CC1CCCN1C. The zero-order chi connectivity index (χ0) is 12.4. The summed E-state index contributed by atoms with van der Waals surface area (Å²) in [6.07, 6.45) is 3.38. The molecule has 0 amide bonds. The highest BCUT2D eigenvalue weighted by Crippen LogP contribution is 2.32. The Morgan fingerprint density at radius 3 is 2.88 bits per heavy atom. The molecule has 3 nitrogen and oxygen atoms in total. The molecule has 0 saturated carbocycles. The lowest BCUT2D eigenvalue weighted by Crippen LogP contribution is -2.26. The molecule has 1 aromatic rings. The van der Waals surface area contributed by atoms with E-state index in [-0.39, 0.29) is 5.75 Å². The lowest BCUT2D eigenvalue weighted by Gasteiger charge is -2.20. The summed E-state index contributed by atoms with van der Waals surface area (Å²) < 4.78 is 5.35. The van der Waals surface area contributed by atoms with Gasteiger partial charge >= 0.3 is 0 Å². The molecule has 1 unspecified atom stereocenters. The van der Waals surface area contributed by atoms with Crippen molar-refractivity contribution in [2.75, 3.05) is 20.7 Å². The fourth-order valence-electron chi connectivity index (χ4n) is 2.44. The summed E-state index contributed by atoms with van der Waals surface area (Å²) in [5.74, 6) is 1.04. The Kier molecular flexibility index (Phi) is 3.84. The molecule has 94 valence electrons. The molecule has 1 aliphatic rings. The predicted molar refractivity (Wildman–Crippen MR) is 71.3 cm³/mol. The molecule has 0 aromatic heterocycles. The second-order valence-electron chi connectivity index (χ2n) is 4.63. The molecule has 0 radical (unpaired) electrons. The summed E-state index contributed by atoms with van der Waals surface area (Å²) >= 11 is 4.19. The largest absolute Gasteiger partial charge is 0.507 e. The van der Waals surface area contributed by atoms with Crippen molar-refractivity contribution in [3.05, 3.63) is 17.7 Å². The van der Waals surface area contributed by atoms with Crippen molar-refractivity contribution < 1.29 is 9.84 Å². The molecule has 1 fully saturated rings. The highest BCUT2D eigenvalue weighted by Gasteiger charge is 2.22. The normalized spacial score (nSPS) is 20.8. The van der Waals surface area contributed by atoms with E-state index in [1.807, 2.05) is 0 Å². The molecule has 1 heterocycles. The number of nitrogens with zero attached hydrogens (tertiary/aromatic N) is 1. The number of likely N-dealkylation sites (tertiary alicyclic amines) is 1. The lowest BCUT2D eigenvalue weighted by atomic mass is 10.0. The molecule has 1 saturated heterocycles. The van der Waals surface area contributed by atoms with Gasteiger partial charge in [0, 0.05) is 10.9 Å². The van der Waals surface area contributed by atoms with Crippen molar-refractivity contribution in [1.29, 1.82) is 0 Å². The van der Waals surface area contributed by atoms with Gasteiger partial charge in [-0.25, -0.2) is 0 Å². The van der Waals surface area contributed by atoms with E-state index < -0.39 is 0 Å². The Labute approximate surface area is 108 Å². The number of phenolic OH excluding ortho intramolecular Hbond substituents is 1. The van der Waals surface area contributed by atoms with E-state index in [0.29, 0.717) is 10.9 Å². The lowest BCUT2D eigenvalue weighted by molar-refractivity contribution is 0.305. The third kappa shape index (κ3) is 2.69. The second-order valence-corrected chi connectivity index (χ2v) is 5.12. The third-order valence-electron chi connectivity index (χ3n) is 3.50. The zero-order valence-electron chi connectivity index (χ0n) is 10.3. The molecule has 17 heavy (non-hydrogen) atoms. The quantitative estimate of drug-likeness (QED) is 0.811. The van der Waals surface area contributed by atoms with Gasteiger partial charge in [0.15, 0.2) is 0 Å². The number of rotatable bonds is 3. The number of aromatic hydroxyl groups is 1. The van der Waals surface area contributed by atoms with Gasteiger partial charge in [-0.05, 0) is 50.6 Å². The number of likely N-dealkylation sites (N-methyl/N-ethyl adjacent to an activating group) is 1. The number of thiol groups is 1. The Hall–Kier alpha value is -0.870. The van der Waals surface area contributed by atoms with Crippen LogP contribution in [0.1, 0.15) is 18.4 Å². The summed E-state index contributed by atoms with van der Waals surface area (Å²) in [5.41, 5.74) is 1.06. The van der Waals surface area contributed by atoms with Crippen molar-refractivity contribution in [3.63, 3.8) is 0 Å². The van der Waals surface area contributed by atoms with E-state index >= 15 is 0 Å². The first-order valence-corrected chi connectivity index (χ1v) is 6.35. The summed E-state index contributed by atoms with van der Waals surface area (Å²) in [6, 6.07) is 4.10. The maximum atomic E-state index is 9.71. The van der Waals surface area contributed by atoms with Crippen LogP contribution < -0.4 is 4.74 Å². The number of hydrogen-bond acceptors (Lipinski definition) is 4. The van der Waals surface area contributed by atoms with Gasteiger partial charge in [-0.1, -0.05) is 0 Å². The van der Waals surface area contributed by atoms with Crippen LogP contribution in [0.2, 0.25) is 0 Å². The molecule has 1 N–H and O–H groups in total. The molecule has 1 aromatic carbocycles. The van der Waals surface area contributed by atoms with Crippen LogP contribution in [0.25, 0.3) is 0 Å². The van der Waals surface area contributed by atoms with Gasteiger partial charge < -0.3 is 14.7 Å². The van der Waals surface area contributed by atoms with Crippen LogP contribution in [-0.2, 0) is 6.42 Å². The summed E-state index contributed by atoms with van der Waals surface area (Å²) in [7, 11) is 3.80. The van der Waals surface area contributed by atoms with Crippen LogP contribution in [0.5, 0.6) is 11.5 Å². The highest BCUT2D eigenvalue weighted by molar-refractivity contribution is 7.80. The molecular formula is C13H19NO2S. The molecular weight excluding hydrogens is 234 g/mol. The van der Waals surface area contributed by atoms with Crippen LogP contribution in [0, 0.1) is 0 Å². The molecule has 0 aliphatic carbocycles. The molecule has 0 bridgehead atoms. The summed E-state index contributed by atoms with van der Waals surface area (Å²) in [4.78, 5) is 2.93. The van der Waals surface area contributed by atoms with Crippen LogP contribution in [0.15, 0.2) is 17.0 Å². The number of benzene rings is 1. The highest BCUT2D eigenvalue weighted by atomic mass is 32.1. The average molecular weight is 253 g/mol. The van der Waals surface area contributed by atoms with Crippen molar-refractivity contribution in [1.82, 2.24) is 4.90 Å². The number of hydrogen-bond donors (Lipinski definition) is 2. The first-order valence-electron chi connectivity index (χ1n) is 5.91. The van der Waals surface area contributed by atoms with Gasteiger partial charge in [-0.3, -0.25) is 0 Å². The minimum absolute atomic E-state index is 0.227. The zero-order valence-corrected chi connectivity index (χ0v) is 11.2. The first-order chi connectivity index (χ1) is 8.11. The van der Waals surface area contributed by atoms with Gasteiger partial charge in [0.1, 0.15) is 11.5 Å². The Morgan fingerprint density at radius 1 is 1.53 bits per heavy atom. The van der Waals surface area contributed by atoms with Gasteiger partial charge in [0.05, 0.1) is 7.11 Å². The van der Waals surface area contributed by atoms with Crippen molar-refractivity contribution in [2.45, 2.75) is 30.2 Å². The van der Waals surface area contributed by atoms with Crippen molar-refractivity contribution >= 4 is 12.6 Å². The smallest absolute Gasteiger partial charge is 0.129 e. The average Bonchev–Trinajstić information content (AvgIpc) is 2.69. The van der Waals surface area contributed by atoms with Gasteiger partial charge in [0.25, 0.3) is 0 Å². The predicted octanol–water partition coefficient (Wildman–Crippen LogP) is 2.33. The van der Waals surface area contributed by atoms with Crippen molar-refractivity contribution in [2.24, 2.45) is 0 Å². The van der Waals surface area contributed by atoms with E-state index in [1.54, 1.807) is 19.2 Å².